The van der Waals surface area contributed by atoms with Crippen molar-refractivity contribution in [3.8, 4) is 0 Å². The molecule has 4 heteroatoms. The molecule has 0 aromatic carbocycles. The molecule has 102 valence electrons. The molecule has 1 N–H and O–H groups in total. The predicted molar refractivity (Wildman–Crippen MR) is 70.0 cm³/mol. The van der Waals surface area contributed by atoms with Crippen LogP contribution in [0.3, 0.4) is 0 Å². The van der Waals surface area contributed by atoms with Crippen LogP contribution in [0, 0.1) is 5.92 Å². The molecule has 0 aromatic heterocycles. The predicted octanol–water partition coefficient (Wildman–Crippen LogP) is 1.69. The van der Waals surface area contributed by atoms with Gasteiger partial charge in [-0.25, -0.2) is 0 Å². The quantitative estimate of drug-likeness (QED) is 0.809. The van der Waals surface area contributed by atoms with Gasteiger partial charge in [0.2, 0.25) is 11.8 Å². The highest BCUT2D eigenvalue weighted by atomic mass is 16.2. The van der Waals surface area contributed by atoms with Crippen LogP contribution in [0.5, 0.6) is 0 Å². The van der Waals surface area contributed by atoms with Crippen LogP contribution >= 0.6 is 0 Å². The van der Waals surface area contributed by atoms with Crippen molar-refractivity contribution in [2.45, 2.75) is 64.5 Å². The highest BCUT2D eigenvalue weighted by Crippen LogP contribution is 2.34. The molecule has 1 aliphatic heterocycles. The van der Waals surface area contributed by atoms with Gasteiger partial charge in [-0.05, 0) is 32.6 Å². The topological polar surface area (TPSA) is 49.4 Å². The second-order valence-corrected chi connectivity index (χ2v) is 6.10. The molecule has 2 rings (SSSR count). The Morgan fingerprint density at radius 3 is 2.50 bits per heavy atom. The van der Waals surface area contributed by atoms with Gasteiger partial charge in [0.05, 0.1) is 0 Å². The van der Waals surface area contributed by atoms with Gasteiger partial charge in [0.1, 0.15) is 11.6 Å². The van der Waals surface area contributed by atoms with Crippen molar-refractivity contribution in [3.63, 3.8) is 0 Å². The van der Waals surface area contributed by atoms with E-state index in [0.717, 1.165) is 31.7 Å². The molecule has 1 saturated heterocycles. The van der Waals surface area contributed by atoms with Gasteiger partial charge in [0, 0.05) is 6.54 Å². The lowest BCUT2D eigenvalue weighted by Gasteiger charge is -2.44. The lowest BCUT2D eigenvalue weighted by Crippen LogP contribution is -2.68. The van der Waals surface area contributed by atoms with E-state index < -0.39 is 5.54 Å². The molecule has 1 atom stereocenters. The molecule has 0 aromatic rings. The van der Waals surface area contributed by atoms with Crippen molar-refractivity contribution in [1.82, 2.24) is 10.2 Å². The van der Waals surface area contributed by atoms with Gasteiger partial charge in [-0.3, -0.25) is 9.59 Å². The molecule has 1 aliphatic carbocycles. The van der Waals surface area contributed by atoms with Crippen molar-refractivity contribution in [3.05, 3.63) is 0 Å². The van der Waals surface area contributed by atoms with E-state index in [1.165, 1.54) is 12.8 Å². The first-order chi connectivity index (χ1) is 8.46. The highest BCUT2D eigenvalue weighted by molar-refractivity contribution is 5.99. The number of hydrogen-bond donors (Lipinski definition) is 1. The van der Waals surface area contributed by atoms with Gasteiger partial charge in [-0.2, -0.15) is 0 Å². The van der Waals surface area contributed by atoms with Crippen molar-refractivity contribution in [2.24, 2.45) is 5.92 Å². The summed E-state index contributed by atoms with van der Waals surface area (Å²) in [5.74, 6) is 0.863. The van der Waals surface area contributed by atoms with Gasteiger partial charge in [-0.1, -0.05) is 26.2 Å². The lowest BCUT2D eigenvalue weighted by molar-refractivity contribution is -0.155. The summed E-state index contributed by atoms with van der Waals surface area (Å²) in [6, 6.07) is -0.310. The van der Waals surface area contributed by atoms with E-state index in [-0.39, 0.29) is 17.9 Å². The molecule has 18 heavy (non-hydrogen) atoms. The van der Waals surface area contributed by atoms with Gasteiger partial charge in [-0.15, -0.1) is 0 Å². The van der Waals surface area contributed by atoms with Crippen LogP contribution < -0.4 is 5.32 Å². The average Bonchev–Trinajstić information content (AvgIpc) is 3.10. The summed E-state index contributed by atoms with van der Waals surface area (Å²) >= 11 is 0. The van der Waals surface area contributed by atoms with Crippen LogP contribution in [0.25, 0.3) is 0 Å². The fourth-order valence-electron chi connectivity index (χ4n) is 2.57. The number of carbonyl (C=O) groups is 2. The van der Waals surface area contributed by atoms with Gasteiger partial charge < -0.3 is 10.2 Å². The van der Waals surface area contributed by atoms with E-state index in [1.807, 2.05) is 20.8 Å². The number of hydrogen-bond acceptors (Lipinski definition) is 2. The number of rotatable bonds is 5. The molecule has 4 nitrogen and oxygen atoms in total. The maximum absolute atomic E-state index is 12.4. The Kier molecular flexibility index (Phi) is 3.64. The van der Waals surface area contributed by atoms with Crippen LogP contribution in [-0.4, -0.2) is 34.8 Å². The maximum Gasteiger partial charge on any atom is 0.246 e. The molecule has 1 unspecified atom stereocenters. The molecule has 1 saturated carbocycles. The molecule has 2 aliphatic rings. The third-order valence-corrected chi connectivity index (χ3v) is 4.14. The largest absolute Gasteiger partial charge is 0.342 e. The Bertz CT molecular complexity index is 348. The Morgan fingerprint density at radius 2 is 1.94 bits per heavy atom. The molecule has 0 spiro atoms. The van der Waals surface area contributed by atoms with E-state index in [9.17, 15) is 9.59 Å². The summed E-state index contributed by atoms with van der Waals surface area (Å²) in [6.45, 7) is 6.45. The zero-order valence-corrected chi connectivity index (χ0v) is 11.7. The number of carbonyl (C=O) groups excluding carboxylic acids is 2. The van der Waals surface area contributed by atoms with Crippen LogP contribution in [0.1, 0.15) is 52.9 Å². The SMILES string of the molecule is CCCC1NC(=O)C(C)(C)N(CCC2CC2)C1=O. The zero-order chi connectivity index (χ0) is 13.3. The summed E-state index contributed by atoms with van der Waals surface area (Å²) in [5.41, 5.74) is -0.698. The summed E-state index contributed by atoms with van der Waals surface area (Å²) in [5, 5.41) is 2.86. The lowest BCUT2D eigenvalue weighted by atomic mass is 9.93. The average molecular weight is 252 g/mol. The van der Waals surface area contributed by atoms with Crippen molar-refractivity contribution in [1.29, 1.82) is 0 Å². The van der Waals surface area contributed by atoms with Gasteiger partial charge in [0.25, 0.3) is 0 Å². The van der Waals surface area contributed by atoms with Gasteiger partial charge >= 0.3 is 0 Å². The third-order valence-electron chi connectivity index (χ3n) is 4.14. The summed E-state index contributed by atoms with van der Waals surface area (Å²) in [7, 11) is 0. The maximum atomic E-state index is 12.4. The standard InChI is InChI=1S/C14H24N2O2/c1-4-5-11-12(17)16(9-8-10-6-7-10)14(2,3)13(18)15-11/h10-11H,4-9H2,1-3H3,(H,15,18). The number of nitrogens with zero attached hydrogens (tertiary/aromatic N) is 1. The third kappa shape index (κ3) is 2.52. The van der Waals surface area contributed by atoms with E-state index in [1.54, 1.807) is 4.90 Å². The molecule has 0 bridgehead atoms. The van der Waals surface area contributed by atoms with E-state index in [4.69, 9.17) is 0 Å². The van der Waals surface area contributed by atoms with Crippen molar-refractivity contribution < 1.29 is 9.59 Å². The van der Waals surface area contributed by atoms with E-state index in [2.05, 4.69) is 5.32 Å². The van der Waals surface area contributed by atoms with Crippen LogP contribution in [-0.2, 0) is 9.59 Å². The Hall–Kier alpha value is -1.06. The first kappa shape index (κ1) is 13.4. The Balaban J connectivity index is 2.08. The molecular formula is C14H24N2O2. The molecule has 0 radical (unpaired) electrons. The highest BCUT2D eigenvalue weighted by Gasteiger charge is 2.45. The summed E-state index contributed by atoms with van der Waals surface area (Å²) in [4.78, 5) is 26.3. The minimum Gasteiger partial charge on any atom is -0.342 e. The smallest absolute Gasteiger partial charge is 0.246 e. The first-order valence-corrected chi connectivity index (χ1v) is 7.09. The van der Waals surface area contributed by atoms with Crippen LogP contribution in [0.2, 0.25) is 0 Å². The monoisotopic (exact) mass is 252 g/mol. The minimum atomic E-state index is -0.698. The Labute approximate surface area is 109 Å². The molecule has 2 amide bonds. The van der Waals surface area contributed by atoms with Crippen LogP contribution in [0.4, 0.5) is 0 Å². The number of piperazine rings is 1. The van der Waals surface area contributed by atoms with Gasteiger partial charge in [0.15, 0.2) is 0 Å². The summed E-state index contributed by atoms with van der Waals surface area (Å²) < 4.78 is 0. The molecule has 1 heterocycles. The summed E-state index contributed by atoms with van der Waals surface area (Å²) in [6.07, 6.45) is 5.26. The second-order valence-electron chi connectivity index (χ2n) is 6.10. The fourth-order valence-corrected chi connectivity index (χ4v) is 2.57. The molecule has 2 fully saturated rings. The van der Waals surface area contributed by atoms with Crippen LogP contribution in [0.15, 0.2) is 0 Å². The fraction of sp³-hybridized carbons (Fsp3) is 0.857. The first-order valence-electron chi connectivity index (χ1n) is 7.09. The van der Waals surface area contributed by atoms with Crippen molar-refractivity contribution in [2.75, 3.05) is 6.54 Å². The second kappa shape index (κ2) is 4.90. The number of nitrogens with one attached hydrogen (secondary N) is 1. The van der Waals surface area contributed by atoms with E-state index >= 15 is 0 Å². The zero-order valence-electron chi connectivity index (χ0n) is 11.7. The normalized spacial score (nSPS) is 27.3. The molecular weight excluding hydrogens is 228 g/mol. The van der Waals surface area contributed by atoms with E-state index in [0.29, 0.717) is 0 Å². The van der Waals surface area contributed by atoms with Crippen molar-refractivity contribution >= 4 is 11.8 Å². The number of amides is 2. The minimum absolute atomic E-state index is 0.0173. The Morgan fingerprint density at radius 1 is 1.28 bits per heavy atom.